The second-order valence-electron chi connectivity index (χ2n) is 2.10. The van der Waals surface area contributed by atoms with E-state index >= 15 is 0 Å². The molecule has 0 fully saturated rings. The second kappa shape index (κ2) is 4.17. The van der Waals surface area contributed by atoms with Gasteiger partial charge in [-0.25, -0.2) is 0 Å². The Labute approximate surface area is 46.9 Å². The van der Waals surface area contributed by atoms with Crippen molar-refractivity contribution < 1.29 is 0 Å². The molecule has 0 spiro atoms. The molecule has 42 valence electrons. The zero-order valence-corrected chi connectivity index (χ0v) is 5.11. The van der Waals surface area contributed by atoms with Crippen molar-refractivity contribution in [2.75, 3.05) is 0 Å². The standard InChI is InChI=1S/C7H14/c1-4-5-6-7(2)3/h7H,1-2,4-6H2,3H3/t7-/m0/s1. The van der Waals surface area contributed by atoms with Gasteiger partial charge >= 0.3 is 0 Å². The van der Waals surface area contributed by atoms with Gasteiger partial charge in [-0.2, -0.15) is 0 Å². The fourth-order valence-electron chi connectivity index (χ4n) is 0.493. The molecular weight excluding hydrogens is 84.1 g/mol. The molecule has 0 heteroatoms. The highest BCUT2D eigenvalue weighted by molar-refractivity contribution is 4.53. The van der Waals surface area contributed by atoms with Crippen LogP contribution in [0.4, 0.5) is 0 Å². The predicted octanol–water partition coefficient (Wildman–Crippen LogP) is 2.46. The Balaban J connectivity index is 2.68. The van der Waals surface area contributed by atoms with Crippen molar-refractivity contribution in [1.82, 2.24) is 0 Å². The maximum absolute atomic E-state index is 3.85. The van der Waals surface area contributed by atoms with E-state index < -0.39 is 0 Å². The Morgan fingerprint density at radius 3 is 2.29 bits per heavy atom. The van der Waals surface area contributed by atoms with Crippen LogP contribution < -0.4 is 0 Å². The molecule has 0 saturated carbocycles. The largest absolute Gasteiger partial charge is 0.0625 e. The summed E-state index contributed by atoms with van der Waals surface area (Å²) in [6, 6.07) is 0. The Morgan fingerprint density at radius 2 is 2.14 bits per heavy atom. The predicted molar refractivity (Wildman–Crippen MR) is 33.7 cm³/mol. The molecule has 0 N–H and O–H groups in total. The highest BCUT2D eigenvalue weighted by Crippen LogP contribution is 2.03. The van der Waals surface area contributed by atoms with E-state index in [0.29, 0.717) is 5.92 Å². The van der Waals surface area contributed by atoms with Gasteiger partial charge in [0.25, 0.3) is 0 Å². The summed E-state index contributed by atoms with van der Waals surface area (Å²) in [5, 5.41) is 0. The lowest BCUT2D eigenvalue weighted by molar-refractivity contribution is 0.608. The first-order chi connectivity index (χ1) is 3.27. The van der Waals surface area contributed by atoms with Gasteiger partial charge in [0, 0.05) is 0 Å². The van der Waals surface area contributed by atoms with E-state index in [1.807, 2.05) is 0 Å². The molecule has 0 bridgehead atoms. The SMILES string of the molecule is [CH2]CCC[C@@H]([CH2])C. The number of hydrogen-bond acceptors (Lipinski definition) is 0. The van der Waals surface area contributed by atoms with Crippen molar-refractivity contribution in [3.8, 4) is 0 Å². The first kappa shape index (κ1) is 7.00. The quantitative estimate of drug-likeness (QED) is 0.508. The lowest BCUT2D eigenvalue weighted by atomic mass is 10.1. The van der Waals surface area contributed by atoms with Gasteiger partial charge in [-0.3, -0.25) is 0 Å². The Hall–Kier alpha value is 0. The molecule has 2 radical (unpaired) electrons. The fourth-order valence-corrected chi connectivity index (χ4v) is 0.493. The van der Waals surface area contributed by atoms with E-state index in [4.69, 9.17) is 0 Å². The normalized spacial score (nSPS) is 10.3. The third-order valence-corrected chi connectivity index (χ3v) is 0.947. The fraction of sp³-hybridized carbons (Fsp3) is 0.714. The minimum absolute atomic E-state index is 0.613. The van der Waals surface area contributed by atoms with Crippen LogP contribution in [0.25, 0.3) is 0 Å². The molecule has 0 aliphatic rings. The highest BCUT2D eigenvalue weighted by Gasteiger charge is 1.88. The molecule has 1 atom stereocenters. The van der Waals surface area contributed by atoms with E-state index in [9.17, 15) is 0 Å². The van der Waals surface area contributed by atoms with E-state index in [2.05, 4.69) is 20.8 Å². The second-order valence-corrected chi connectivity index (χ2v) is 2.10. The smallest absolute Gasteiger partial charge is 0.0443 e. The van der Waals surface area contributed by atoms with Crippen LogP contribution in [0.15, 0.2) is 0 Å². The summed E-state index contributed by atoms with van der Waals surface area (Å²) in [6.45, 7) is 9.71. The summed E-state index contributed by atoms with van der Waals surface area (Å²) in [6.07, 6.45) is 3.51. The van der Waals surface area contributed by atoms with Crippen molar-refractivity contribution in [1.29, 1.82) is 0 Å². The zero-order valence-electron chi connectivity index (χ0n) is 5.11. The van der Waals surface area contributed by atoms with Crippen LogP contribution in [-0.2, 0) is 0 Å². The summed E-state index contributed by atoms with van der Waals surface area (Å²) in [5.74, 6) is 0.613. The van der Waals surface area contributed by atoms with Gasteiger partial charge in [0.15, 0.2) is 0 Å². The van der Waals surface area contributed by atoms with Crippen LogP contribution in [0, 0.1) is 19.8 Å². The molecule has 0 aromatic carbocycles. The lowest BCUT2D eigenvalue weighted by Gasteiger charge is -1.98. The molecule has 0 nitrogen and oxygen atoms in total. The lowest BCUT2D eigenvalue weighted by Crippen LogP contribution is -1.84. The molecule has 0 aliphatic carbocycles. The van der Waals surface area contributed by atoms with Gasteiger partial charge in [0.05, 0.1) is 0 Å². The topological polar surface area (TPSA) is 0 Å². The molecule has 0 aromatic rings. The summed E-state index contributed by atoms with van der Waals surface area (Å²) in [5.41, 5.74) is 0. The first-order valence-corrected chi connectivity index (χ1v) is 2.89. The third-order valence-electron chi connectivity index (χ3n) is 0.947. The van der Waals surface area contributed by atoms with E-state index in [-0.39, 0.29) is 0 Å². The minimum atomic E-state index is 0.613. The summed E-state index contributed by atoms with van der Waals surface area (Å²) >= 11 is 0. The third kappa shape index (κ3) is 6.00. The molecular formula is C7H14. The molecule has 0 heterocycles. The number of hydrogen-bond donors (Lipinski definition) is 0. The van der Waals surface area contributed by atoms with Crippen LogP contribution >= 0.6 is 0 Å². The van der Waals surface area contributed by atoms with Crippen molar-refractivity contribution in [3.63, 3.8) is 0 Å². The van der Waals surface area contributed by atoms with E-state index in [1.165, 1.54) is 12.8 Å². The average molecular weight is 98.2 g/mol. The van der Waals surface area contributed by atoms with E-state index in [0.717, 1.165) is 6.42 Å². The van der Waals surface area contributed by atoms with Crippen LogP contribution in [-0.4, -0.2) is 0 Å². The zero-order chi connectivity index (χ0) is 5.70. The summed E-state index contributed by atoms with van der Waals surface area (Å²) < 4.78 is 0. The van der Waals surface area contributed by atoms with Gasteiger partial charge < -0.3 is 0 Å². The van der Waals surface area contributed by atoms with Crippen molar-refractivity contribution in [2.24, 2.45) is 5.92 Å². The van der Waals surface area contributed by atoms with Crippen LogP contribution in [0.1, 0.15) is 26.2 Å². The van der Waals surface area contributed by atoms with Crippen molar-refractivity contribution in [3.05, 3.63) is 13.8 Å². The van der Waals surface area contributed by atoms with Crippen LogP contribution in [0.3, 0.4) is 0 Å². The summed E-state index contributed by atoms with van der Waals surface area (Å²) in [4.78, 5) is 0. The number of unbranched alkanes of at least 4 members (excludes halogenated alkanes) is 1. The average Bonchev–Trinajstić information content (AvgIpc) is 1.61. The molecule has 7 heavy (non-hydrogen) atoms. The van der Waals surface area contributed by atoms with Crippen molar-refractivity contribution >= 4 is 0 Å². The van der Waals surface area contributed by atoms with Crippen LogP contribution in [0.5, 0.6) is 0 Å². The van der Waals surface area contributed by atoms with Gasteiger partial charge in [0.1, 0.15) is 0 Å². The summed E-state index contributed by atoms with van der Waals surface area (Å²) in [7, 11) is 0. The molecule has 0 aliphatic heterocycles. The monoisotopic (exact) mass is 98.1 g/mol. The maximum atomic E-state index is 3.85. The van der Waals surface area contributed by atoms with Gasteiger partial charge in [-0.05, 0) is 5.92 Å². The highest BCUT2D eigenvalue weighted by atomic mass is 13.9. The molecule has 0 amide bonds. The van der Waals surface area contributed by atoms with E-state index in [1.54, 1.807) is 0 Å². The Bertz CT molecular complexity index is 29.0. The minimum Gasteiger partial charge on any atom is -0.0625 e. The van der Waals surface area contributed by atoms with Crippen LogP contribution in [0.2, 0.25) is 0 Å². The molecule has 0 unspecified atom stereocenters. The van der Waals surface area contributed by atoms with Gasteiger partial charge in [-0.15, -0.1) is 0 Å². The van der Waals surface area contributed by atoms with Crippen molar-refractivity contribution in [2.45, 2.75) is 26.2 Å². The Morgan fingerprint density at radius 1 is 1.57 bits per heavy atom. The Kier molecular flexibility index (Phi) is 4.17. The number of rotatable bonds is 3. The molecule has 0 rings (SSSR count). The van der Waals surface area contributed by atoms with Gasteiger partial charge in [-0.1, -0.05) is 40.0 Å². The first-order valence-electron chi connectivity index (χ1n) is 2.89. The molecule has 0 aromatic heterocycles. The molecule has 0 saturated heterocycles. The maximum Gasteiger partial charge on any atom is -0.0443 e. The van der Waals surface area contributed by atoms with Gasteiger partial charge in [0.2, 0.25) is 0 Å².